The van der Waals surface area contributed by atoms with E-state index in [2.05, 4.69) is 15.4 Å². The highest BCUT2D eigenvalue weighted by atomic mass is 35.5. The molecule has 0 saturated heterocycles. The van der Waals surface area contributed by atoms with Gasteiger partial charge in [0, 0.05) is 16.3 Å². The number of halogens is 1. The highest BCUT2D eigenvalue weighted by molar-refractivity contribution is 6.30. The van der Waals surface area contributed by atoms with Crippen molar-refractivity contribution in [3.63, 3.8) is 0 Å². The van der Waals surface area contributed by atoms with Gasteiger partial charge in [-0.25, -0.2) is 9.67 Å². The molecule has 0 bridgehead atoms. The van der Waals surface area contributed by atoms with Gasteiger partial charge in [-0.3, -0.25) is 19.0 Å². The standard InChI is InChI=1S/C20H15ClN6O3/c21-13-2-1-3-15(8-13)27-19-16(9-24-27)20(30)26(11-23-19)10-17(28)25-14-6-4-12(5-7-14)18(22)29/h1-9,11H,10H2,(H2,22,29)(H,25,28). The highest BCUT2D eigenvalue weighted by Crippen LogP contribution is 2.17. The summed E-state index contributed by atoms with van der Waals surface area (Å²) in [6.45, 7) is -0.234. The normalized spacial score (nSPS) is 10.8. The average Bonchev–Trinajstić information content (AvgIpc) is 3.15. The topological polar surface area (TPSA) is 125 Å². The molecular weight excluding hydrogens is 408 g/mol. The number of aromatic nitrogens is 4. The third kappa shape index (κ3) is 3.78. The number of hydrogen-bond acceptors (Lipinski definition) is 5. The first kappa shape index (κ1) is 19.3. The first-order valence-electron chi connectivity index (χ1n) is 8.81. The Morgan fingerprint density at radius 1 is 1.13 bits per heavy atom. The summed E-state index contributed by atoms with van der Waals surface area (Å²) in [4.78, 5) is 40.5. The summed E-state index contributed by atoms with van der Waals surface area (Å²) >= 11 is 6.02. The van der Waals surface area contributed by atoms with Crippen molar-refractivity contribution < 1.29 is 9.59 Å². The number of nitrogens with two attached hydrogens (primary N) is 1. The fraction of sp³-hybridized carbons (Fsp3) is 0.0500. The quantitative estimate of drug-likeness (QED) is 0.508. The van der Waals surface area contributed by atoms with Gasteiger partial charge in [0.05, 0.1) is 11.9 Å². The SMILES string of the molecule is NC(=O)c1ccc(NC(=O)Cn2cnc3c(cnn3-c3cccc(Cl)c3)c2=O)cc1. The first-order valence-corrected chi connectivity index (χ1v) is 9.19. The molecule has 10 heteroatoms. The molecule has 0 radical (unpaired) electrons. The van der Waals surface area contributed by atoms with Crippen molar-refractivity contribution in [2.45, 2.75) is 6.54 Å². The summed E-state index contributed by atoms with van der Waals surface area (Å²) < 4.78 is 2.70. The summed E-state index contributed by atoms with van der Waals surface area (Å²) in [6, 6.07) is 13.1. The number of primary amides is 1. The molecule has 4 aromatic rings. The van der Waals surface area contributed by atoms with E-state index in [1.54, 1.807) is 36.4 Å². The Morgan fingerprint density at radius 3 is 2.60 bits per heavy atom. The van der Waals surface area contributed by atoms with Crippen LogP contribution in [0.1, 0.15) is 10.4 Å². The van der Waals surface area contributed by atoms with Crippen molar-refractivity contribution in [3.8, 4) is 5.69 Å². The van der Waals surface area contributed by atoms with Gasteiger partial charge in [0.1, 0.15) is 18.3 Å². The lowest BCUT2D eigenvalue weighted by molar-refractivity contribution is -0.116. The molecule has 0 aliphatic carbocycles. The second kappa shape index (κ2) is 7.80. The second-order valence-corrected chi connectivity index (χ2v) is 6.88. The fourth-order valence-electron chi connectivity index (χ4n) is 2.93. The number of benzene rings is 2. The summed E-state index contributed by atoms with van der Waals surface area (Å²) in [5, 5.41) is 7.68. The molecule has 0 atom stereocenters. The molecule has 2 amide bonds. The van der Waals surface area contributed by atoms with E-state index in [0.717, 1.165) is 0 Å². The monoisotopic (exact) mass is 422 g/mol. The lowest BCUT2D eigenvalue weighted by Crippen LogP contribution is -2.27. The predicted octanol–water partition coefficient (Wildman–Crippen LogP) is 1.97. The van der Waals surface area contributed by atoms with Gasteiger partial charge in [-0.2, -0.15) is 5.10 Å². The van der Waals surface area contributed by atoms with Gasteiger partial charge < -0.3 is 11.1 Å². The first-order chi connectivity index (χ1) is 14.4. The summed E-state index contributed by atoms with van der Waals surface area (Å²) in [7, 11) is 0. The number of nitrogens with one attached hydrogen (secondary N) is 1. The van der Waals surface area contributed by atoms with E-state index in [4.69, 9.17) is 17.3 Å². The molecule has 2 aromatic carbocycles. The van der Waals surface area contributed by atoms with Gasteiger partial charge in [0.25, 0.3) is 5.56 Å². The van der Waals surface area contributed by atoms with Crippen molar-refractivity contribution in [1.82, 2.24) is 19.3 Å². The van der Waals surface area contributed by atoms with Crippen LogP contribution >= 0.6 is 11.6 Å². The van der Waals surface area contributed by atoms with Crippen molar-refractivity contribution in [2.24, 2.45) is 5.73 Å². The van der Waals surface area contributed by atoms with Gasteiger partial charge in [-0.15, -0.1) is 0 Å². The van der Waals surface area contributed by atoms with E-state index in [-0.39, 0.29) is 11.9 Å². The van der Waals surface area contributed by atoms with Crippen LogP contribution in [0.2, 0.25) is 5.02 Å². The van der Waals surface area contributed by atoms with Crippen molar-refractivity contribution in [3.05, 3.63) is 82.0 Å². The van der Waals surface area contributed by atoms with E-state index in [1.165, 1.54) is 33.9 Å². The summed E-state index contributed by atoms with van der Waals surface area (Å²) in [6.07, 6.45) is 2.70. The molecule has 3 N–H and O–H groups in total. The number of rotatable bonds is 5. The van der Waals surface area contributed by atoms with Crippen molar-refractivity contribution in [1.29, 1.82) is 0 Å². The van der Waals surface area contributed by atoms with Crippen LogP contribution in [-0.4, -0.2) is 31.1 Å². The zero-order valence-electron chi connectivity index (χ0n) is 15.4. The van der Waals surface area contributed by atoms with Crippen LogP contribution in [-0.2, 0) is 11.3 Å². The van der Waals surface area contributed by atoms with E-state index in [9.17, 15) is 14.4 Å². The number of fused-ring (bicyclic) bond motifs is 1. The van der Waals surface area contributed by atoms with Crippen LogP contribution in [0.15, 0.2) is 65.8 Å². The summed E-state index contributed by atoms with van der Waals surface area (Å²) in [5.41, 5.74) is 6.63. The molecule has 30 heavy (non-hydrogen) atoms. The maximum absolute atomic E-state index is 12.8. The Bertz CT molecular complexity index is 1330. The average molecular weight is 423 g/mol. The van der Waals surface area contributed by atoms with Gasteiger partial charge in [0.2, 0.25) is 11.8 Å². The minimum Gasteiger partial charge on any atom is -0.366 e. The van der Waals surface area contributed by atoms with E-state index < -0.39 is 17.4 Å². The number of anilines is 1. The lowest BCUT2D eigenvalue weighted by atomic mass is 10.2. The van der Waals surface area contributed by atoms with Crippen molar-refractivity contribution in [2.75, 3.05) is 5.32 Å². The van der Waals surface area contributed by atoms with E-state index >= 15 is 0 Å². The maximum Gasteiger partial charge on any atom is 0.264 e. The number of hydrogen-bond donors (Lipinski definition) is 2. The largest absolute Gasteiger partial charge is 0.366 e. The van der Waals surface area contributed by atoms with Crippen LogP contribution < -0.4 is 16.6 Å². The number of amides is 2. The molecule has 150 valence electrons. The van der Waals surface area contributed by atoms with Gasteiger partial charge in [-0.1, -0.05) is 17.7 Å². The van der Waals surface area contributed by atoms with Gasteiger partial charge in [-0.05, 0) is 42.5 Å². The zero-order valence-corrected chi connectivity index (χ0v) is 16.2. The smallest absolute Gasteiger partial charge is 0.264 e. The Morgan fingerprint density at radius 2 is 1.90 bits per heavy atom. The Labute approximate surface area is 174 Å². The highest BCUT2D eigenvalue weighted by Gasteiger charge is 2.13. The Hall–Kier alpha value is -3.98. The van der Waals surface area contributed by atoms with E-state index in [1.807, 2.05) is 0 Å². The van der Waals surface area contributed by atoms with Crippen molar-refractivity contribution >= 4 is 40.1 Å². The molecule has 0 saturated carbocycles. The van der Waals surface area contributed by atoms with Gasteiger partial charge in [0.15, 0.2) is 5.65 Å². The van der Waals surface area contributed by atoms with E-state index in [0.29, 0.717) is 27.6 Å². The molecule has 0 aliphatic rings. The number of nitrogens with zero attached hydrogens (tertiary/aromatic N) is 4. The van der Waals surface area contributed by atoms with Gasteiger partial charge >= 0.3 is 0 Å². The predicted molar refractivity (Wildman–Crippen MR) is 112 cm³/mol. The zero-order chi connectivity index (χ0) is 21.3. The lowest BCUT2D eigenvalue weighted by Gasteiger charge is -2.08. The Balaban J connectivity index is 1.56. The maximum atomic E-state index is 12.8. The minimum absolute atomic E-state index is 0.234. The Kier molecular flexibility index (Phi) is 5.03. The fourth-order valence-corrected chi connectivity index (χ4v) is 3.12. The van der Waals surface area contributed by atoms with Crippen LogP contribution in [0.25, 0.3) is 16.7 Å². The van der Waals surface area contributed by atoms with Crippen LogP contribution in [0.4, 0.5) is 5.69 Å². The molecule has 4 rings (SSSR count). The van der Waals surface area contributed by atoms with Crippen LogP contribution in [0.3, 0.4) is 0 Å². The second-order valence-electron chi connectivity index (χ2n) is 6.44. The molecule has 2 aromatic heterocycles. The van der Waals surface area contributed by atoms with Crippen LogP contribution in [0, 0.1) is 0 Å². The molecule has 0 aliphatic heterocycles. The number of carbonyl (C=O) groups is 2. The molecule has 2 heterocycles. The summed E-state index contributed by atoms with van der Waals surface area (Å²) in [5.74, 6) is -0.982. The third-order valence-electron chi connectivity index (χ3n) is 4.37. The molecule has 0 fully saturated rings. The third-order valence-corrected chi connectivity index (χ3v) is 4.61. The number of carbonyl (C=O) groups excluding carboxylic acids is 2. The molecular formula is C20H15ClN6O3. The minimum atomic E-state index is -0.558. The molecule has 0 unspecified atom stereocenters. The molecule has 9 nitrogen and oxygen atoms in total. The van der Waals surface area contributed by atoms with Crippen LogP contribution in [0.5, 0.6) is 0 Å². The molecule has 0 spiro atoms.